The molecule has 2 rings (SSSR count). The lowest BCUT2D eigenvalue weighted by Gasteiger charge is -2.30. The van der Waals surface area contributed by atoms with Crippen molar-refractivity contribution in [1.29, 1.82) is 0 Å². The van der Waals surface area contributed by atoms with Crippen LogP contribution in [0.3, 0.4) is 0 Å². The summed E-state index contributed by atoms with van der Waals surface area (Å²) in [5.41, 5.74) is 1.87. The van der Waals surface area contributed by atoms with E-state index in [9.17, 15) is 9.59 Å². The number of anilines is 1. The summed E-state index contributed by atoms with van der Waals surface area (Å²) in [5, 5.41) is 9.12. The van der Waals surface area contributed by atoms with Crippen molar-refractivity contribution in [2.75, 3.05) is 11.4 Å². The third-order valence-corrected chi connectivity index (χ3v) is 3.08. The lowest BCUT2D eigenvalue weighted by Crippen LogP contribution is -2.35. The molecule has 0 radical (unpaired) electrons. The van der Waals surface area contributed by atoms with Crippen molar-refractivity contribution in [1.82, 2.24) is 0 Å². The van der Waals surface area contributed by atoms with Crippen LogP contribution in [0.1, 0.15) is 35.7 Å². The highest BCUT2D eigenvalue weighted by atomic mass is 16.4. The summed E-state index contributed by atoms with van der Waals surface area (Å²) in [6, 6.07) is 5.12. The fraction of sp³-hybridized carbons (Fsp3) is 0.385. The molecule has 0 saturated heterocycles. The Hall–Kier alpha value is -1.84. The summed E-state index contributed by atoms with van der Waals surface area (Å²) in [6.07, 6.45) is 1.99. The average Bonchev–Trinajstić information content (AvgIpc) is 2.36. The molecule has 1 aliphatic heterocycles. The van der Waals surface area contributed by atoms with Gasteiger partial charge in [-0.2, -0.15) is 0 Å². The van der Waals surface area contributed by atoms with Gasteiger partial charge in [-0.05, 0) is 30.5 Å². The molecule has 90 valence electrons. The van der Waals surface area contributed by atoms with Crippen LogP contribution in [0.15, 0.2) is 18.2 Å². The smallest absolute Gasteiger partial charge is 0.336 e. The number of carbonyl (C=O) groups excluding carboxylic acids is 1. The number of carbonyl (C=O) groups is 2. The van der Waals surface area contributed by atoms with E-state index in [-0.39, 0.29) is 5.91 Å². The van der Waals surface area contributed by atoms with E-state index >= 15 is 0 Å². The zero-order valence-corrected chi connectivity index (χ0v) is 9.77. The van der Waals surface area contributed by atoms with Crippen molar-refractivity contribution in [3.05, 3.63) is 29.3 Å². The fourth-order valence-electron chi connectivity index (χ4n) is 2.27. The lowest BCUT2D eigenvalue weighted by molar-refractivity contribution is -0.118. The van der Waals surface area contributed by atoms with E-state index in [4.69, 9.17) is 5.11 Å². The van der Waals surface area contributed by atoms with Crippen molar-refractivity contribution in [3.63, 3.8) is 0 Å². The maximum atomic E-state index is 11.8. The van der Waals surface area contributed by atoms with Crippen molar-refractivity contribution in [3.8, 4) is 0 Å². The quantitative estimate of drug-likeness (QED) is 0.850. The molecule has 1 N–H and O–H groups in total. The number of amides is 1. The molecule has 4 heteroatoms. The van der Waals surface area contributed by atoms with Crippen molar-refractivity contribution >= 4 is 17.6 Å². The maximum Gasteiger partial charge on any atom is 0.336 e. The third-order valence-electron chi connectivity index (χ3n) is 3.08. The van der Waals surface area contributed by atoms with Crippen LogP contribution < -0.4 is 4.90 Å². The van der Waals surface area contributed by atoms with Crippen LogP contribution in [0.5, 0.6) is 0 Å². The van der Waals surface area contributed by atoms with Gasteiger partial charge in [-0.1, -0.05) is 13.0 Å². The monoisotopic (exact) mass is 233 g/mol. The highest BCUT2D eigenvalue weighted by Crippen LogP contribution is 2.30. The Bertz CT molecular complexity index is 468. The number of benzene rings is 1. The molecule has 0 saturated carbocycles. The predicted octanol–water partition coefficient (Wildman–Crippen LogP) is 2.07. The minimum absolute atomic E-state index is 0.0495. The number of carboxylic acids is 1. The molecular formula is C13H15NO3. The second-order valence-electron chi connectivity index (χ2n) is 4.11. The molecule has 0 bridgehead atoms. The number of rotatable bonds is 2. The second-order valence-corrected chi connectivity index (χ2v) is 4.11. The van der Waals surface area contributed by atoms with Gasteiger partial charge in [0.15, 0.2) is 0 Å². The number of carboxylic acid groups (broad SMARTS) is 1. The van der Waals surface area contributed by atoms with Gasteiger partial charge in [0, 0.05) is 18.7 Å². The predicted molar refractivity (Wildman–Crippen MR) is 64.4 cm³/mol. The molecule has 1 amide bonds. The Morgan fingerprint density at radius 2 is 2.18 bits per heavy atom. The minimum Gasteiger partial charge on any atom is -0.478 e. The molecule has 0 aromatic heterocycles. The van der Waals surface area contributed by atoms with Gasteiger partial charge in [0.1, 0.15) is 0 Å². The standard InChI is InChI=1S/C13H15NO3/c1-2-12(15)14-8-4-6-9-10(13(16)17)5-3-7-11(9)14/h3,5,7H,2,4,6,8H2,1H3,(H,16,17). The first-order valence-corrected chi connectivity index (χ1v) is 5.80. The van der Waals surface area contributed by atoms with Crippen molar-refractivity contribution < 1.29 is 14.7 Å². The third kappa shape index (κ3) is 2.02. The Morgan fingerprint density at radius 1 is 1.41 bits per heavy atom. The van der Waals surface area contributed by atoms with Crippen molar-refractivity contribution in [2.24, 2.45) is 0 Å². The van der Waals surface area contributed by atoms with Gasteiger partial charge in [-0.25, -0.2) is 4.79 Å². The summed E-state index contributed by atoms with van der Waals surface area (Å²) in [5.74, 6) is -0.874. The van der Waals surface area contributed by atoms with E-state index in [1.165, 1.54) is 0 Å². The molecule has 0 unspecified atom stereocenters. The molecule has 1 heterocycles. The molecular weight excluding hydrogens is 218 g/mol. The van der Waals surface area contributed by atoms with Gasteiger partial charge in [-0.3, -0.25) is 4.79 Å². The zero-order chi connectivity index (χ0) is 12.4. The molecule has 0 spiro atoms. The second kappa shape index (κ2) is 4.57. The fourth-order valence-corrected chi connectivity index (χ4v) is 2.27. The number of nitrogens with zero attached hydrogens (tertiary/aromatic N) is 1. The van der Waals surface area contributed by atoms with E-state index in [0.29, 0.717) is 18.5 Å². The summed E-state index contributed by atoms with van der Waals surface area (Å²) in [7, 11) is 0. The molecule has 0 aliphatic carbocycles. The maximum absolute atomic E-state index is 11.8. The lowest BCUT2D eigenvalue weighted by atomic mass is 9.96. The van der Waals surface area contributed by atoms with Gasteiger partial charge in [-0.15, -0.1) is 0 Å². The first-order valence-electron chi connectivity index (χ1n) is 5.80. The van der Waals surface area contributed by atoms with Crippen LogP contribution in [0.2, 0.25) is 0 Å². The average molecular weight is 233 g/mol. The van der Waals surface area contributed by atoms with Gasteiger partial charge in [0.2, 0.25) is 5.91 Å². The van der Waals surface area contributed by atoms with Crippen molar-refractivity contribution in [2.45, 2.75) is 26.2 Å². The SMILES string of the molecule is CCC(=O)N1CCCc2c(C(=O)O)cccc21. The summed E-state index contributed by atoms with van der Waals surface area (Å²) in [4.78, 5) is 24.6. The summed E-state index contributed by atoms with van der Waals surface area (Å²) >= 11 is 0. The Balaban J connectivity index is 2.49. The normalized spacial score (nSPS) is 14.3. The minimum atomic E-state index is -0.923. The zero-order valence-electron chi connectivity index (χ0n) is 9.77. The highest BCUT2D eigenvalue weighted by Gasteiger charge is 2.24. The first kappa shape index (κ1) is 11.6. The number of aromatic carboxylic acids is 1. The van der Waals surface area contributed by atoms with E-state index in [0.717, 1.165) is 24.1 Å². The van der Waals surface area contributed by atoms with Crippen LogP contribution in [0.25, 0.3) is 0 Å². The van der Waals surface area contributed by atoms with Crippen LogP contribution in [0.4, 0.5) is 5.69 Å². The van der Waals surface area contributed by atoms with Crippen LogP contribution in [-0.4, -0.2) is 23.5 Å². The topological polar surface area (TPSA) is 57.6 Å². The number of hydrogen-bond donors (Lipinski definition) is 1. The summed E-state index contributed by atoms with van der Waals surface area (Å²) in [6.45, 7) is 2.50. The van der Waals surface area contributed by atoms with E-state index in [1.807, 2.05) is 13.0 Å². The van der Waals surface area contributed by atoms with Gasteiger partial charge >= 0.3 is 5.97 Å². The Kier molecular flexibility index (Phi) is 3.13. The Labute approximate surface area is 99.9 Å². The van der Waals surface area contributed by atoms with E-state index < -0.39 is 5.97 Å². The molecule has 1 aliphatic rings. The molecule has 17 heavy (non-hydrogen) atoms. The molecule has 4 nitrogen and oxygen atoms in total. The van der Waals surface area contributed by atoms with Gasteiger partial charge < -0.3 is 10.0 Å². The number of fused-ring (bicyclic) bond motifs is 1. The van der Waals surface area contributed by atoms with Crippen LogP contribution >= 0.6 is 0 Å². The molecule has 0 atom stereocenters. The molecule has 1 aromatic carbocycles. The van der Waals surface area contributed by atoms with Crippen LogP contribution in [0, 0.1) is 0 Å². The highest BCUT2D eigenvalue weighted by molar-refractivity contribution is 5.98. The van der Waals surface area contributed by atoms with E-state index in [2.05, 4.69) is 0 Å². The van der Waals surface area contributed by atoms with Gasteiger partial charge in [0.25, 0.3) is 0 Å². The molecule has 0 fully saturated rings. The largest absolute Gasteiger partial charge is 0.478 e. The van der Waals surface area contributed by atoms with Gasteiger partial charge in [0.05, 0.1) is 5.56 Å². The first-order chi connectivity index (χ1) is 8.15. The van der Waals surface area contributed by atoms with Crippen LogP contribution in [-0.2, 0) is 11.2 Å². The number of hydrogen-bond acceptors (Lipinski definition) is 2. The summed E-state index contributed by atoms with van der Waals surface area (Å²) < 4.78 is 0. The van der Waals surface area contributed by atoms with E-state index in [1.54, 1.807) is 17.0 Å². The molecule has 1 aromatic rings. The Morgan fingerprint density at radius 3 is 2.82 bits per heavy atom.